The van der Waals surface area contributed by atoms with Gasteiger partial charge in [0.25, 0.3) is 0 Å². The molecule has 0 aromatic carbocycles. The minimum Gasteiger partial charge on any atom is -1.00 e. The van der Waals surface area contributed by atoms with Crippen LogP contribution in [0.25, 0.3) is 0 Å². The molecule has 2 amide bonds. The zero-order chi connectivity index (χ0) is 15.6. The van der Waals surface area contributed by atoms with Crippen molar-refractivity contribution in [1.29, 1.82) is 0 Å². The maximum Gasteiger partial charge on any atom is 1.00 e. The van der Waals surface area contributed by atoms with Crippen molar-refractivity contribution >= 4 is 16.4 Å². The van der Waals surface area contributed by atoms with Crippen LogP contribution in [0.4, 0.5) is 4.79 Å². The van der Waals surface area contributed by atoms with Crippen LogP contribution >= 0.6 is 0 Å². The van der Waals surface area contributed by atoms with E-state index in [1.807, 2.05) is 0 Å². The summed E-state index contributed by atoms with van der Waals surface area (Å²) in [6.45, 7) is 1.03. The fourth-order valence-corrected chi connectivity index (χ4v) is 2.95. The summed E-state index contributed by atoms with van der Waals surface area (Å²) in [5.74, 6) is 0. The number of carbonyl (C=O) groups excluding carboxylic acids is 1. The number of methoxy groups -OCH3 is 2. The number of rotatable bonds is 7. The molecule has 0 aromatic rings. The van der Waals surface area contributed by atoms with E-state index in [4.69, 9.17) is 14.0 Å². The van der Waals surface area contributed by atoms with Gasteiger partial charge in [-0.3, -0.25) is 4.55 Å². The molecule has 1 N–H and O–H groups in total. The summed E-state index contributed by atoms with van der Waals surface area (Å²) in [4.78, 5) is 13.7. The van der Waals surface area contributed by atoms with Gasteiger partial charge in [0.1, 0.15) is 0 Å². The van der Waals surface area contributed by atoms with Crippen molar-refractivity contribution < 1.29 is 62.5 Å². The Kier molecular flexibility index (Phi) is 7.27. The SMILES string of the molecule is COCCC1=CC2CN(C(=O)N2OS(=O)(=O)O)C1COC.[H-].[Na+]. The topological polar surface area (TPSA) is 106 Å². The van der Waals surface area contributed by atoms with Crippen molar-refractivity contribution in [3.63, 3.8) is 0 Å². The maximum absolute atomic E-state index is 12.2. The zero-order valence-corrected chi connectivity index (χ0v) is 15.6. The van der Waals surface area contributed by atoms with Crippen molar-refractivity contribution in [2.75, 3.05) is 34.0 Å². The summed E-state index contributed by atoms with van der Waals surface area (Å²) in [7, 11) is -1.66. The van der Waals surface area contributed by atoms with E-state index in [0.29, 0.717) is 18.1 Å². The third kappa shape index (κ3) is 4.42. The summed E-state index contributed by atoms with van der Waals surface area (Å²) in [5.41, 5.74) is 0.907. The van der Waals surface area contributed by atoms with E-state index in [1.54, 1.807) is 13.2 Å². The number of urea groups is 1. The van der Waals surface area contributed by atoms with Crippen molar-refractivity contribution in [3.05, 3.63) is 11.6 Å². The van der Waals surface area contributed by atoms with Gasteiger partial charge in [0.05, 0.1) is 18.7 Å². The molecule has 2 aliphatic heterocycles. The predicted molar refractivity (Wildman–Crippen MR) is 71.7 cm³/mol. The van der Waals surface area contributed by atoms with Crippen molar-refractivity contribution in [1.82, 2.24) is 9.96 Å². The van der Waals surface area contributed by atoms with Crippen LogP contribution in [-0.2, 0) is 24.2 Å². The summed E-state index contributed by atoms with van der Waals surface area (Å²) >= 11 is 0. The number of fused-ring (bicyclic) bond motifs is 2. The van der Waals surface area contributed by atoms with Gasteiger partial charge in [0.15, 0.2) is 0 Å². The van der Waals surface area contributed by atoms with Gasteiger partial charge in [-0.25, -0.2) is 4.79 Å². The standard InChI is InChI=1S/C11H18N2O7S.Na.H/c1-18-4-3-8-5-9-6-12(10(8)7-19-2)11(14)13(9)20-21(15,16)17;;/h5,9-10H,3-4,6-7H2,1-2H3,(H,15,16,17);;/q;+1;-1. The van der Waals surface area contributed by atoms with E-state index in [2.05, 4.69) is 4.28 Å². The second kappa shape index (κ2) is 8.06. The quantitative estimate of drug-likeness (QED) is 0.296. The van der Waals surface area contributed by atoms with E-state index in [9.17, 15) is 13.2 Å². The normalized spacial score (nSPS) is 24.3. The monoisotopic (exact) mass is 346 g/mol. The zero-order valence-electron chi connectivity index (χ0n) is 13.8. The minimum absolute atomic E-state index is 0. The van der Waals surface area contributed by atoms with Crippen LogP contribution in [0, 0.1) is 0 Å². The van der Waals surface area contributed by atoms with Gasteiger partial charge in [0, 0.05) is 27.4 Å². The average molecular weight is 346 g/mol. The van der Waals surface area contributed by atoms with Crippen LogP contribution in [0.15, 0.2) is 11.6 Å². The fourth-order valence-electron chi connectivity index (χ4n) is 2.57. The van der Waals surface area contributed by atoms with Gasteiger partial charge >= 0.3 is 46.0 Å². The Morgan fingerprint density at radius 3 is 2.64 bits per heavy atom. The molecule has 0 spiro atoms. The average Bonchev–Trinajstić information content (AvgIpc) is 2.64. The van der Waals surface area contributed by atoms with Crippen LogP contribution in [0.2, 0.25) is 0 Å². The number of nitrogens with zero attached hydrogens (tertiary/aromatic N) is 2. The van der Waals surface area contributed by atoms with Crippen LogP contribution in [0.1, 0.15) is 7.85 Å². The molecular formula is C11H19N2NaO7S. The van der Waals surface area contributed by atoms with Crippen LogP contribution in [0.5, 0.6) is 0 Å². The number of hydrogen-bond donors (Lipinski definition) is 1. The smallest absolute Gasteiger partial charge is 1.00 e. The number of amides is 2. The van der Waals surface area contributed by atoms with Crippen LogP contribution in [0.3, 0.4) is 0 Å². The van der Waals surface area contributed by atoms with Gasteiger partial charge in [0.2, 0.25) is 0 Å². The predicted octanol–water partition coefficient (Wildman–Crippen LogP) is -3.06. The first-order valence-electron chi connectivity index (χ1n) is 6.32. The first-order chi connectivity index (χ1) is 9.87. The molecule has 2 bridgehead atoms. The second-order valence-electron chi connectivity index (χ2n) is 4.79. The Balaban J connectivity index is 0.00000242. The Morgan fingerprint density at radius 2 is 2.09 bits per heavy atom. The van der Waals surface area contributed by atoms with E-state index in [-0.39, 0.29) is 50.2 Å². The van der Waals surface area contributed by atoms with E-state index >= 15 is 0 Å². The Labute approximate surface area is 152 Å². The van der Waals surface area contributed by atoms with Crippen molar-refractivity contribution in [3.8, 4) is 0 Å². The fraction of sp³-hybridized carbons (Fsp3) is 0.727. The van der Waals surface area contributed by atoms with E-state index < -0.39 is 22.5 Å². The Hall–Kier alpha value is -0.200. The summed E-state index contributed by atoms with van der Waals surface area (Å²) < 4.78 is 45.0. The molecule has 0 aliphatic carbocycles. The third-order valence-corrected chi connectivity index (χ3v) is 3.77. The van der Waals surface area contributed by atoms with Gasteiger partial charge in [-0.1, -0.05) is 6.08 Å². The number of ether oxygens (including phenoxy) is 2. The third-order valence-electron chi connectivity index (χ3n) is 3.42. The summed E-state index contributed by atoms with van der Waals surface area (Å²) in [5, 5.41) is 0.664. The molecule has 2 aliphatic rings. The van der Waals surface area contributed by atoms with Crippen LogP contribution < -0.4 is 29.6 Å². The maximum atomic E-state index is 12.2. The molecule has 22 heavy (non-hydrogen) atoms. The largest absolute Gasteiger partial charge is 1.00 e. The molecule has 1 fully saturated rings. The Bertz CT molecular complexity index is 544. The molecule has 0 aromatic heterocycles. The molecule has 11 heteroatoms. The molecule has 9 nitrogen and oxygen atoms in total. The molecule has 2 rings (SSSR count). The number of hydrogen-bond acceptors (Lipinski definition) is 6. The summed E-state index contributed by atoms with van der Waals surface area (Å²) in [6, 6.07) is -1.49. The molecule has 0 saturated carbocycles. The van der Waals surface area contributed by atoms with E-state index in [1.165, 1.54) is 12.0 Å². The van der Waals surface area contributed by atoms with Gasteiger partial charge in [-0.2, -0.15) is 13.5 Å². The van der Waals surface area contributed by atoms with Crippen LogP contribution in [-0.4, -0.2) is 75.0 Å². The van der Waals surface area contributed by atoms with Crippen molar-refractivity contribution in [2.45, 2.75) is 18.5 Å². The molecule has 1 saturated heterocycles. The summed E-state index contributed by atoms with van der Waals surface area (Å²) in [6.07, 6.45) is 2.35. The first-order valence-corrected chi connectivity index (χ1v) is 7.69. The van der Waals surface area contributed by atoms with E-state index in [0.717, 1.165) is 5.57 Å². The number of carbonyl (C=O) groups is 1. The van der Waals surface area contributed by atoms with Crippen molar-refractivity contribution in [2.24, 2.45) is 0 Å². The second-order valence-corrected chi connectivity index (χ2v) is 5.79. The minimum atomic E-state index is -4.75. The van der Waals surface area contributed by atoms with Gasteiger partial charge in [-0.15, -0.1) is 4.28 Å². The molecule has 122 valence electrons. The first kappa shape index (κ1) is 19.8. The molecule has 2 atom stereocenters. The molecular weight excluding hydrogens is 327 g/mol. The molecule has 2 unspecified atom stereocenters. The van der Waals surface area contributed by atoms with Gasteiger partial charge < -0.3 is 15.8 Å². The Morgan fingerprint density at radius 1 is 1.41 bits per heavy atom. The van der Waals surface area contributed by atoms with Gasteiger partial charge in [-0.05, 0) is 12.0 Å². The molecule has 0 radical (unpaired) electrons. The number of hydroxylamine groups is 2. The molecule has 2 heterocycles.